The summed E-state index contributed by atoms with van der Waals surface area (Å²) < 4.78 is 9.43. The maximum absolute atomic E-state index is 9.43. The Morgan fingerprint density at radius 3 is 0.636 bits per heavy atom. The van der Waals surface area contributed by atoms with Crippen LogP contribution in [0.15, 0.2) is 0 Å². The normalized spacial score (nSPS) is 3.55. The summed E-state index contributed by atoms with van der Waals surface area (Å²) in [5.41, 5.74) is -2.09. The molecule has 144 valence electrons. The number of hydrogen-bond acceptors (Lipinski definition) is 2. The Labute approximate surface area is 194 Å². The predicted octanol–water partition coefficient (Wildman–Crippen LogP) is -18.7. The van der Waals surface area contributed by atoms with Gasteiger partial charge < -0.3 is 84.9 Å². The molecule has 0 fully saturated rings. The second kappa shape index (κ2) is 91.4. The first-order valence-corrected chi connectivity index (χ1v) is 2.85. The minimum Gasteiger partial charge on any atom is -1.00 e. The van der Waals surface area contributed by atoms with Crippen LogP contribution in [0.3, 0.4) is 0 Å². The molecule has 0 saturated carbocycles. The van der Waals surface area contributed by atoms with Gasteiger partial charge in [0, 0.05) is 0 Å². The first kappa shape index (κ1) is 195. The quantitative estimate of drug-likeness (QED) is 0.277. The Bertz CT molecular complexity index is 149. The van der Waals surface area contributed by atoms with Gasteiger partial charge in [0.2, 0.25) is 0 Å². The van der Waals surface area contributed by atoms with E-state index in [1.54, 1.807) is 0 Å². The van der Waals surface area contributed by atoms with E-state index in [1.807, 2.05) is 0 Å². The van der Waals surface area contributed by atoms with Crippen molar-refractivity contribution in [1.29, 1.82) is 0 Å². The Kier molecular flexibility index (Phi) is 810. The van der Waals surface area contributed by atoms with E-state index in [4.69, 9.17) is 14.9 Å². The van der Waals surface area contributed by atoms with Gasteiger partial charge in [-0.1, -0.05) is 0 Å². The minimum atomic E-state index is -4.82. The minimum absolute atomic E-state index is 0. The summed E-state index contributed by atoms with van der Waals surface area (Å²) in [5, 5.41) is 7.49. The van der Waals surface area contributed by atoms with Crippen LogP contribution >= 0.6 is 7.60 Å². The number of rotatable bonds is 1. The fourth-order valence-electron chi connectivity index (χ4n) is 0. The van der Waals surface area contributed by atoms with Crippen molar-refractivity contribution in [3.63, 3.8) is 0 Å². The molecule has 0 radical (unpaired) electrons. The molecular weight excluding hydrogens is 384 g/mol. The molecule has 0 saturated heterocycles. The molecule has 27 N–H and O–H groups in total. The molecule has 0 aromatic heterocycles. The maximum Gasteiger partial charge on any atom is 1.00 e. The van der Waals surface area contributed by atoms with Gasteiger partial charge in [0.25, 0.3) is 0 Å². The van der Waals surface area contributed by atoms with Crippen molar-refractivity contribution >= 4 is 13.3 Å². The summed E-state index contributed by atoms with van der Waals surface area (Å²) in [6.45, 7) is 0. The standard InChI is InChI=1S/CH3O5P.3Na.12H2O.3H/c2-1(3)7(4,5)6;;;;;;;;;;;;;;;;;;/h(H,2,3)(H2,4,5,6);;;;12*1H2;;;/q;3*+1;;;;;;;;;;;;;3*-1. The molecule has 0 aliphatic rings. The van der Waals surface area contributed by atoms with Crippen LogP contribution in [0, 0.1) is 0 Å². The van der Waals surface area contributed by atoms with Gasteiger partial charge >= 0.3 is 102 Å². The Balaban J connectivity index is -0.00000000118. The van der Waals surface area contributed by atoms with Crippen LogP contribution in [-0.2, 0) is 4.57 Å². The van der Waals surface area contributed by atoms with Crippen LogP contribution in [0.2, 0.25) is 0 Å². The average molecular weight is 414 g/mol. The third-order valence-corrected chi connectivity index (χ3v) is 0.748. The third-order valence-electron chi connectivity index (χ3n) is 0.249. The van der Waals surface area contributed by atoms with Crippen molar-refractivity contribution < 1.29 is 183 Å². The molecule has 0 aliphatic heterocycles. The summed E-state index contributed by atoms with van der Waals surface area (Å²) in [5.74, 6) is 0. The summed E-state index contributed by atoms with van der Waals surface area (Å²) in [4.78, 5) is 24.5. The van der Waals surface area contributed by atoms with Gasteiger partial charge in [0.05, 0.1) is 0 Å². The molecular formula is CH30Na3O17P. The van der Waals surface area contributed by atoms with E-state index in [9.17, 15) is 9.36 Å². The molecule has 0 heterocycles. The summed E-state index contributed by atoms with van der Waals surface area (Å²) in [7, 11) is -4.82. The molecule has 0 amide bonds. The fourth-order valence-corrected chi connectivity index (χ4v) is 0. The maximum atomic E-state index is 9.43. The van der Waals surface area contributed by atoms with Crippen molar-refractivity contribution in [1.82, 2.24) is 0 Å². The first-order chi connectivity index (χ1) is 2.94. The monoisotopic (exact) mass is 414 g/mol. The van der Waals surface area contributed by atoms with Crippen molar-refractivity contribution in [3.8, 4) is 0 Å². The van der Waals surface area contributed by atoms with E-state index in [-0.39, 0.29) is 159 Å². The second-order valence-corrected chi connectivity index (χ2v) is 2.30. The van der Waals surface area contributed by atoms with Gasteiger partial charge in [0.1, 0.15) is 0 Å². The number of carboxylic acid groups (broad SMARTS) is 1. The molecule has 0 atom stereocenters. The second-order valence-electron chi connectivity index (χ2n) is 0.827. The number of carbonyl (C=O) groups is 1. The van der Waals surface area contributed by atoms with Crippen molar-refractivity contribution in [2.45, 2.75) is 0 Å². The van der Waals surface area contributed by atoms with Crippen LogP contribution in [0.1, 0.15) is 4.28 Å². The summed E-state index contributed by atoms with van der Waals surface area (Å²) >= 11 is 0. The molecule has 22 heavy (non-hydrogen) atoms. The van der Waals surface area contributed by atoms with Gasteiger partial charge in [-0.25, -0.2) is 9.36 Å². The van der Waals surface area contributed by atoms with Crippen LogP contribution in [0.5, 0.6) is 0 Å². The van der Waals surface area contributed by atoms with Crippen LogP contribution in [-0.4, -0.2) is 86.3 Å². The van der Waals surface area contributed by atoms with E-state index < -0.39 is 13.3 Å². The molecule has 17 nitrogen and oxygen atoms in total. The Morgan fingerprint density at radius 1 is 0.591 bits per heavy atom. The molecule has 0 aliphatic carbocycles. The molecule has 0 unspecified atom stereocenters. The van der Waals surface area contributed by atoms with Gasteiger partial charge in [-0.3, -0.25) is 0 Å². The van der Waals surface area contributed by atoms with Crippen molar-refractivity contribution in [3.05, 3.63) is 0 Å². The Hall–Kier alpha value is 2.14. The fraction of sp³-hybridized carbons (Fsp3) is 0. The smallest absolute Gasteiger partial charge is 1.00 e. The van der Waals surface area contributed by atoms with Gasteiger partial charge in [-0.15, -0.1) is 0 Å². The number of hydrogen-bond donors (Lipinski definition) is 3. The summed E-state index contributed by atoms with van der Waals surface area (Å²) in [6, 6.07) is 0. The SMILES string of the molecule is O.O.O.O.O.O.O.O.O.O.O.O.O=C(O)P(=O)(O)O.[H-].[H-].[H-].[Na+].[Na+].[Na+]. The molecule has 0 aromatic carbocycles. The predicted molar refractivity (Wildman–Crippen MR) is 66.8 cm³/mol. The zero-order chi connectivity index (χ0) is 6.08. The van der Waals surface area contributed by atoms with Crippen LogP contribution in [0.4, 0.5) is 4.79 Å². The average Bonchev–Trinajstić information content (AvgIpc) is 1.31. The van der Waals surface area contributed by atoms with E-state index in [2.05, 4.69) is 0 Å². The Morgan fingerprint density at radius 2 is 0.636 bits per heavy atom. The van der Waals surface area contributed by atoms with Gasteiger partial charge in [-0.05, 0) is 0 Å². The zero-order valence-corrected chi connectivity index (χ0v) is 19.0. The summed E-state index contributed by atoms with van der Waals surface area (Å²) in [6.07, 6.45) is 0. The van der Waals surface area contributed by atoms with E-state index in [0.29, 0.717) is 0 Å². The van der Waals surface area contributed by atoms with E-state index in [1.165, 1.54) is 0 Å². The van der Waals surface area contributed by atoms with Crippen molar-refractivity contribution in [2.75, 3.05) is 0 Å². The molecule has 0 aromatic rings. The molecule has 21 heteroatoms. The van der Waals surface area contributed by atoms with Crippen molar-refractivity contribution in [2.24, 2.45) is 0 Å². The molecule has 0 spiro atoms. The van der Waals surface area contributed by atoms with E-state index in [0.717, 1.165) is 0 Å². The first-order valence-electron chi connectivity index (χ1n) is 1.23. The van der Waals surface area contributed by atoms with Crippen LogP contribution < -0.4 is 88.7 Å². The zero-order valence-electron chi connectivity index (χ0n) is 15.1. The van der Waals surface area contributed by atoms with Gasteiger partial charge in [0.15, 0.2) is 0 Å². The molecule has 0 rings (SSSR count). The topological polar surface area (TPSA) is 473 Å². The third kappa shape index (κ3) is 149. The van der Waals surface area contributed by atoms with E-state index >= 15 is 0 Å². The van der Waals surface area contributed by atoms with Crippen LogP contribution in [0.25, 0.3) is 0 Å². The molecule has 0 bridgehead atoms. The largest absolute Gasteiger partial charge is 1.00 e. The van der Waals surface area contributed by atoms with Gasteiger partial charge in [-0.2, -0.15) is 0 Å².